The summed E-state index contributed by atoms with van der Waals surface area (Å²) in [6, 6.07) is 14.3. The maximum absolute atomic E-state index is 5.76. The van der Waals surface area contributed by atoms with E-state index in [0.29, 0.717) is 0 Å². The number of hydrogen-bond donors (Lipinski definition) is 0. The van der Waals surface area contributed by atoms with Gasteiger partial charge in [0.2, 0.25) is 5.88 Å². The van der Waals surface area contributed by atoms with Crippen LogP contribution in [0.5, 0.6) is 5.88 Å². The number of ether oxygens (including phenoxy) is 1. The molecule has 0 saturated carbocycles. The highest BCUT2D eigenvalue weighted by Gasteiger charge is 2.05. The van der Waals surface area contributed by atoms with Gasteiger partial charge in [-0.15, -0.1) is 0 Å². The number of hydrogen-bond acceptors (Lipinski definition) is 2. The zero-order chi connectivity index (χ0) is 14.4. The van der Waals surface area contributed by atoms with Crippen LogP contribution in [-0.4, -0.2) is 11.6 Å². The Morgan fingerprint density at radius 2 is 1.80 bits per heavy atom. The summed E-state index contributed by atoms with van der Waals surface area (Å²) < 4.78 is 5.76. The monoisotopic (exact) mass is 269 g/mol. The van der Waals surface area contributed by atoms with Gasteiger partial charge in [0.05, 0.1) is 12.3 Å². The summed E-state index contributed by atoms with van der Waals surface area (Å²) >= 11 is 0. The fourth-order valence-electron chi connectivity index (χ4n) is 2.15. The van der Waals surface area contributed by atoms with Crippen molar-refractivity contribution in [3.63, 3.8) is 0 Å². The lowest BCUT2D eigenvalue weighted by Crippen LogP contribution is -2.02. The van der Waals surface area contributed by atoms with Crippen molar-refractivity contribution in [1.82, 2.24) is 4.98 Å². The van der Waals surface area contributed by atoms with Crippen LogP contribution >= 0.6 is 0 Å². The first-order valence-corrected chi connectivity index (χ1v) is 7.32. The molecule has 0 aliphatic rings. The van der Waals surface area contributed by atoms with Crippen molar-refractivity contribution in [3.8, 4) is 17.1 Å². The van der Waals surface area contributed by atoms with Crippen molar-refractivity contribution >= 4 is 0 Å². The summed E-state index contributed by atoms with van der Waals surface area (Å²) in [4.78, 5) is 4.64. The minimum atomic E-state index is 0.721. The van der Waals surface area contributed by atoms with Gasteiger partial charge in [-0.1, -0.05) is 50.2 Å². The molecule has 0 saturated heterocycles. The first-order chi connectivity index (χ1) is 9.66. The molecule has 2 aromatic rings. The molecule has 1 heterocycles. The first-order valence-electron chi connectivity index (χ1n) is 7.32. The molecule has 0 atom stereocenters. The van der Waals surface area contributed by atoms with Crippen LogP contribution in [0.15, 0.2) is 42.5 Å². The summed E-state index contributed by atoms with van der Waals surface area (Å²) in [6.45, 7) is 7.29. The summed E-state index contributed by atoms with van der Waals surface area (Å²) in [5.41, 5.74) is 3.32. The molecule has 106 valence electrons. The van der Waals surface area contributed by atoms with E-state index in [0.717, 1.165) is 36.1 Å². The van der Waals surface area contributed by atoms with Crippen LogP contribution in [0.4, 0.5) is 0 Å². The van der Waals surface area contributed by atoms with Gasteiger partial charge in [-0.2, -0.15) is 0 Å². The molecule has 20 heavy (non-hydrogen) atoms. The van der Waals surface area contributed by atoms with Crippen molar-refractivity contribution in [1.29, 1.82) is 0 Å². The Morgan fingerprint density at radius 3 is 2.50 bits per heavy atom. The molecule has 0 spiro atoms. The van der Waals surface area contributed by atoms with Crippen molar-refractivity contribution in [2.75, 3.05) is 6.61 Å². The normalized spacial score (nSPS) is 10.8. The summed E-state index contributed by atoms with van der Waals surface area (Å²) in [5, 5.41) is 0. The number of nitrogens with zero attached hydrogens (tertiary/aromatic N) is 1. The van der Waals surface area contributed by atoms with Gasteiger partial charge in [-0.25, -0.2) is 4.98 Å². The van der Waals surface area contributed by atoms with Crippen LogP contribution < -0.4 is 4.74 Å². The molecule has 2 heteroatoms. The van der Waals surface area contributed by atoms with E-state index in [-0.39, 0.29) is 0 Å². The first kappa shape index (κ1) is 14.6. The van der Waals surface area contributed by atoms with Gasteiger partial charge in [0.15, 0.2) is 0 Å². The molecule has 1 aromatic heterocycles. The topological polar surface area (TPSA) is 22.1 Å². The Hall–Kier alpha value is -1.83. The standard InChI is InChI=1S/C18H23NO/c1-14(2)8-7-13-20-17-12-11-15(3)18(19-17)16-9-5-4-6-10-16/h4-6,9-12,14H,7-8,13H2,1-3H3. The zero-order valence-electron chi connectivity index (χ0n) is 12.6. The molecule has 0 aliphatic carbocycles. The predicted molar refractivity (Wildman–Crippen MR) is 84.0 cm³/mol. The van der Waals surface area contributed by atoms with E-state index < -0.39 is 0 Å². The van der Waals surface area contributed by atoms with Crippen molar-refractivity contribution in [3.05, 3.63) is 48.0 Å². The third-order valence-electron chi connectivity index (χ3n) is 3.29. The van der Waals surface area contributed by atoms with Crippen molar-refractivity contribution in [2.45, 2.75) is 33.6 Å². The van der Waals surface area contributed by atoms with Gasteiger partial charge in [0.25, 0.3) is 0 Å². The molecule has 1 aromatic carbocycles. The molecule has 0 unspecified atom stereocenters. The molecule has 2 rings (SSSR count). The average Bonchev–Trinajstić information content (AvgIpc) is 2.46. The maximum atomic E-state index is 5.76. The number of aryl methyl sites for hydroxylation is 1. The van der Waals surface area contributed by atoms with Crippen LogP contribution in [-0.2, 0) is 0 Å². The number of rotatable bonds is 6. The summed E-state index contributed by atoms with van der Waals surface area (Å²) in [6.07, 6.45) is 2.27. The van der Waals surface area contributed by atoms with E-state index >= 15 is 0 Å². The highest BCUT2D eigenvalue weighted by molar-refractivity contribution is 5.63. The smallest absolute Gasteiger partial charge is 0.213 e. The Bertz CT molecular complexity index is 534. The second-order valence-electron chi connectivity index (χ2n) is 5.57. The van der Waals surface area contributed by atoms with Gasteiger partial charge in [0.1, 0.15) is 0 Å². The molecule has 0 aliphatic heterocycles. The largest absolute Gasteiger partial charge is 0.478 e. The van der Waals surface area contributed by atoms with Crippen molar-refractivity contribution < 1.29 is 4.74 Å². The SMILES string of the molecule is Cc1ccc(OCCCC(C)C)nc1-c1ccccc1. The molecule has 0 fully saturated rings. The van der Waals surface area contributed by atoms with Gasteiger partial charge in [0, 0.05) is 11.6 Å². The van der Waals surface area contributed by atoms with Gasteiger partial charge >= 0.3 is 0 Å². The Kier molecular flexibility index (Phi) is 5.16. The Morgan fingerprint density at radius 1 is 1.05 bits per heavy atom. The van der Waals surface area contributed by atoms with Gasteiger partial charge < -0.3 is 4.74 Å². The quantitative estimate of drug-likeness (QED) is 0.698. The predicted octanol–water partition coefficient (Wildman–Crippen LogP) is 4.87. The highest BCUT2D eigenvalue weighted by atomic mass is 16.5. The maximum Gasteiger partial charge on any atom is 0.213 e. The minimum Gasteiger partial charge on any atom is -0.478 e. The van der Waals surface area contributed by atoms with Crippen molar-refractivity contribution in [2.24, 2.45) is 5.92 Å². The minimum absolute atomic E-state index is 0.721. The van der Waals surface area contributed by atoms with E-state index in [1.165, 1.54) is 12.0 Å². The number of pyridine rings is 1. The Balaban J connectivity index is 2.05. The molecule has 0 radical (unpaired) electrons. The molecule has 0 N–H and O–H groups in total. The van der Waals surface area contributed by atoms with E-state index in [1.807, 2.05) is 24.3 Å². The highest BCUT2D eigenvalue weighted by Crippen LogP contribution is 2.23. The van der Waals surface area contributed by atoms with Crippen LogP contribution in [0.3, 0.4) is 0 Å². The lowest BCUT2D eigenvalue weighted by molar-refractivity contribution is 0.287. The molecule has 2 nitrogen and oxygen atoms in total. The fourth-order valence-corrected chi connectivity index (χ4v) is 2.15. The van der Waals surface area contributed by atoms with Gasteiger partial charge in [-0.05, 0) is 31.2 Å². The fraction of sp³-hybridized carbons (Fsp3) is 0.389. The van der Waals surface area contributed by atoms with Crippen LogP contribution in [0.1, 0.15) is 32.3 Å². The molecule has 0 amide bonds. The van der Waals surface area contributed by atoms with E-state index in [2.05, 4.69) is 44.0 Å². The third kappa shape index (κ3) is 4.09. The molecular formula is C18H23NO. The second-order valence-corrected chi connectivity index (χ2v) is 5.57. The van der Waals surface area contributed by atoms with Crippen LogP contribution in [0.25, 0.3) is 11.3 Å². The number of aromatic nitrogens is 1. The number of benzene rings is 1. The van der Waals surface area contributed by atoms with E-state index in [9.17, 15) is 0 Å². The van der Waals surface area contributed by atoms with Crippen LogP contribution in [0.2, 0.25) is 0 Å². The zero-order valence-corrected chi connectivity index (χ0v) is 12.6. The van der Waals surface area contributed by atoms with E-state index in [1.54, 1.807) is 0 Å². The van der Waals surface area contributed by atoms with Gasteiger partial charge in [-0.3, -0.25) is 0 Å². The lowest BCUT2D eigenvalue weighted by atomic mass is 10.1. The third-order valence-corrected chi connectivity index (χ3v) is 3.29. The van der Waals surface area contributed by atoms with E-state index in [4.69, 9.17) is 4.74 Å². The molecule has 0 bridgehead atoms. The summed E-state index contributed by atoms with van der Waals surface area (Å²) in [7, 11) is 0. The second kappa shape index (κ2) is 7.09. The Labute approximate surface area is 121 Å². The lowest BCUT2D eigenvalue weighted by Gasteiger charge is -2.10. The average molecular weight is 269 g/mol. The molecular weight excluding hydrogens is 246 g/mol. The van der Waals surface area contributed by atoms with Crippen LogP contribution in [0, 0.1) is 12.8 Å². The summed E-state index contributed by atoms with van der Waals surface area (Å²) in [5.74, 6) is 1.45.